The molecule has 0 aromatic carbocycles. The van der Waals surface area contributed by atoms with Crippen LogP contribution in [0.2, 0.25) is 0 Å². The molecule has 1 saturated heterocycles. The smallest absolute Gasteiger partial charge is 0.320 e. The SMILES string of the molecule is NC(=O)C=CN(C(N)=O)[C@@H]1CS[C@H](CO)O1. The molecule has 7 nitrogen and oxygen atoms in total. The Hall–Kier alpha value is -1.25. The predicted octanol–water partition coefficient (Wildman–Crippen LogP) is -1.23. The third-order valence-corrected chi connectivity index (χ3v) is 2.96. The number of ether oxygens (including phenoxy) is 1. The highest BCUT2D eigenvalue weighted by Gasteiger charge is 2.31. The fourth-order valence-electron chi connectivity index (χ4n) is 1.15. The zero-order valence-corrected chi connectivity index (χ0v) is 9.22. The first kappa shape index (κ1) is 12.8. The number of nitrogens with zero attached hydrogens (tertiary/aromatic N) is 1. The maximum absolute atomic E-state index is 11.1. The Bertz CT molecular complexity index is 310. The molecule has 0 unspecified atom stereocenters. The minimum absolute atomic E-state index is 0.146. The quantitative estimate of drug-likeness (QED) is 0.538. The van der Waals surface area contributed by atoms with Gasteiger partial charge in [0.15, 0.2) is 0 Å². The van der Waals surface area contributed by atoms with Gasteiger partial charge in [-0.2, -0.15) is 0 Å². The molecule has 0 spiro atoms. The first-order valence-corrected chi connectivity index (χ1v) is 5.52. The topological polar surface area (TPSA) is 119 Å². The van der Waals surface area contributed by atoms with Gasteiger partial charge in [-0.3, -0.25) is 9.69 Å². The molecular weight excluding hydrogens is 234 g/mol. The van der Waals surface area contributed by atoms with Crippen molar-refractivity contribution in [2.24, 2.45) is 11.5 Å². The number of hydrogen-bond acceptors (Lipinski definition) is 5. The van der Waals surface area contributed by atoms with Crippen molar-refractivity contribution in [3.63, 3.8) is 0 Å². The molecule has 0 aliphatic carbocycles. The summed E-state index contributed by atoms with van der Waals surface area (Å²) in [4.78, 5) is 22.7. The van der Waals surface area contributed by atoms with Crippen molar-refractivity contribution in [3.8, 4) is 0 Å². The lowest BCUT2D eigenvalue weighted by Gasteiger charge is -2.22. The average Bonchev–Trinajstić information content (AvgIpc) is 2.65. The zero-order valence-electron chi connectivity index (χ0n) is 8.41. The van der Waals surface area contributed by atoms with Crippen molar-refractivity contribution in [3.05, 3.63) is 12.3 Å². The number of carbonyl (C=O) groups is 2. The Kier molecular flexibility index (Phi) is 4.59. The molecule has 0 aromatic rings. The summed E-state index contributed by atoms with van der Waals surface area (Å²) in [5.41, 5.74) is 9.64. The Morgan fingerprint density at radius 1 is 1.56 bits per heavy atom. The summed E-state index contributed by atoms with van der Waals surface area (Å²) in [7, 11) is 0. The standard InChI is InChI=1S/C8H13N3O4S/c9-5(13)1-2-11(8(10)14)6-4-16-7(3-12)15-6/h1-2,6-7,12H,3-4H2,(H2,9,13)(H2,10,14)/t6-,7+/m0/s1. The van der Waals surface area contributed by atoms with Crippen LogP contribution >= 0.6 is 11.8 Å². The van der Waals surface area contributed by atoms with Crippen molar-refractivity contribution in [2.45, 2.75) is 11.7 Å². The minimum atomic E-state index is -0.748. The van der Waals surface area contributed by atoms with Gasteiger partial charge in [0.25, 0.3) is 0 Å². The second-order valence-electron chi connectivity index (χ2n) is 3.00. The van der Waals surface area contributed by atoms with Gasteiger partial charge in [0, 0.05) is 18.0 Å². The number of amides is 3. The van der Waals surface area contributed by atoms with E-state index in [1.165, 1.54) is 18.0 Å². The van der Waals surface area contributed by atoms with Crippen molar-refractivity contribution in [1.29, 1.82) is 0 Å². The van der Waals surface area contributed by atoms with E-state index in [4.69, 9.17) is 21.3 Å². The summed E-state index contributed by atoms with van der Waals surface area (Å²) in [5.74, 6) is -0.215. The van der Waals surface area contributed by atoms with Crippen LogP contribution in [-0.2, 0) is 9.53 Å². The molecule has 1 rings (SSSR count). The van der Waals surface area contributed by atoms with Gasteiger partial charge >= 0.3 is 6.03 Å². The summed E-state index contributed by atoms with van der Waals surface area (Å²) in [6, 6.07) is -0.748. The van der Waals surface area contributed by atoms with Gasteiger partial charge in [-0.1, -0.05) is 0 Å². The molecule has 1 aliphatic rings. The van der Waals surface area contributed by atoms with E-state index in [1.54, 1.807) is 0 Å². The Balaban J connectivity index is 2.64. The molecular formula is C8H13N3O4S. The molecule has 1 fully saturated rings. The second kappa shape index (κ2) is 5.73. The molecule has 1 heterocycles. The van der Waals surface area contributed by atoms with Crippen LogP contribution < -0.4 is 11.5 Å². The molecule has 90 valence electrons. The van der Waals surface area contributed by atoms with Crippen LogP contribution in [0.4, 0.5) is 4.79 Å². The molecule has 0 aromatic heterocycles. The molecule has 1 aliphatic heterocycles. The van der Waals surface area contributed by atoms with Crippen molar-refractivity contribution in [2.75, 3.05) is 12.4 Å². The average molecular weight is 247 g/mol. The van der Waals surface area contributed by atoms with Crippen LogP contribution in [0, 0.1) is 0 Å². The fraction of sp³-hybridized carbons (Fsp3) is 0.500. The number of aliphatic hydroxyl groups is 1. The Morgan fingerprint density at radius 2 is 2.25 bits per heavy atom. The van der Waals surface area contributed by atoms with Gasteiger partial charge in [-0.15, -0.1) is 11.8 Å². The van der Waals surface area contributed by atoms with Crippen molar-refractivity contribution >= 4 is 23.7 Å². The highest BCUT2D eigenvalue weighted by molar-refractivity contribution is 8.00. The number of nitrogens with two attached hydrogens (primary N) is 2. The van der Waals surface area contributed by atoms with Crippen LogP contribution in [0.15, 0.2) is 12.3 Å². The van der Waals surface area contributed by atoms with Gasteiger partial charge in [0.2, 0.25) is 5.91 Å². The summed E-state index contributed by atoms with van der Waals surface area (Å²) < 4.78 is 5.30. The summed E-state index contributed by atoms with van der Waals surface area (Å²) >= 11 is 1.36. The summed E-state index contributed by atoms with van der Waals surface area (Å²) in [6.07, 6.45) is 1.61. The molecule has 5 N–H and O–H groups in total. The van der Waals surface area contributed by atoms with Crippen LogP contribution in [0.1, 0.15) is 0 Å². The summed E-state index contributed by atoms with van der Waals surface area (Å²) in [6.45, 7) is -0.146. The molecule has 3 amide bonds. The van der Waals surface area contributed by atoms with Crippen LogP contribution in [0.3, 0.4) is 0 Å². The number of carbonyl (C=O) groups excluding carboxylic acids is 2. The maximum atomic E-state index is 11.1. The lowest BCUT2D eigenvalue weighted by Crippen LogP contribution is -2.41. The van der Waals surface area contributed by atoms with Gasteiger partial charge in [0.1, 0.15) is 11.7 Å². The van der Waals surface area contributed by atoms with E-state index in [1.807, 2.05) is 0 Å². The third-order valence-electron chi connectivity index (χ3n) is 1.85. The van der Waals surface area contributed by atoms with Crippen LogP contribution in [0.25, 0.3) is 0 Å². The number of aliphatic hydroxyl groups excluding tert-OH is 1. The predicted molar refractivity (Wildman–Crippen MR) is 58.0 cm³/mol. The van der Waals surface area contributed by atoms with Crippen molar-refractivity contribution in [1.82, 2.24) is 4.90 Å². The number of rotatable bonds is 4. The number of urea groups is 1. The first-order valence-electron chi connectivity index (χ1n) is 4.48. The van der Waals surface area contributed by atoms with E-state index in [2.05, 4.69) is 0 Å². The van der Waals surface area contributed by atoms with Gasteiger partial charge in [0.05, 0.1) is 6.61 Å². The van der Waals surface area contributed by atoms with E-state index in [9.17, 15) is 9.59 Å². The van der Waals surface area contributed by atoms with Crippen LogP contribution in [0.5, 0.6) is 0 Å². The molecule has 8 heteroatoms. The first-order chi connectivity index (χ1) is 7.54. The van der Waals surface area contributed by atoms with Gasteiger partial charge < -0.3 is 21.3 Å². The van der Waals surface area contributed by atoms with Crippen molar-refractivity contribution < 1.29 is 19.4 Å². The Labute approximate surface area is 96.4 Å². The lowest BCUT2D eigenvalue weighted by atomic mass is 10.5. The number of primary amides is 2. The maximum Gasteiger partial charge on any atom is 0.320 e. The second-order valence-corrected chi connectivity index (χ2v) is 4.19. The fourth-order valence-corrected chi connectivity index (χ4v) is 2.08. The highest BCUT2D eigenvalue weighted by Crippen LogP contribution is 2.26. The van der Waals surface area contributed by atoms with E-state index in [0.29, 0.717) is 5.75 Å². The zero-order chi connectivity index (χ0) is 12.1. The minimum Gasteiger partial charge on any atom is -0.393 e. The molecule has 2 atom stereocenters. The molecule has 0 saturated carbocycles. The van der Waals surface area contributed by atoms with Gasteiger partial charge in [-0.05, 0) is 0 Å². The number of hydrogen-bond donors (Lipinski definition) is 3. The number of thioether (sulfide) groups is 1. The van der Waals surface area contributed by atoms with Gasteiger partial charge in [-0.25, -0.2) is 4.79 Å². The molecule has 0 radical (unpaired) electrons. The van der Waals surface area contributed by atoms with E-state index in [-0.39, 0.29) is 12.0 Å². The monoisotopic (exact) mass is 247 g/mol. The van der Waals surface area contributed by atoms with E-state index < -0.39 is 18.2 Å². The highest BCUT2D eigenvalue weighted by atomic mass is 32.2. The van der Waals surface area contributed by atoms with E-state index in [0.717, 1.165) is 11.0 Å². The largest absolute Gasteiger partial charge is 0.393 e. The van der Waals surface area contributed by atoms with E-state index >= 15 is 0 Å². The summed E-state index contributed by atoms with van der Waals surface area (Å²) in [5, 5.41) is 8.85. The van der Waals surface area contributed by atoms with Crippen LogP contribution in [-0.4, -0.2) is 46.0 Å². The Morgan fingerprint density at radius 3 is 2.69 bits per heavy atom. The lowest BCUT2D eigenvalue weighted by molar-refractivity contribution is -0.113. The normalized spacial score (nSPS) is 24.8. The molecule has 0 bridgehead atoms. The third kappa shape index (κ3) is 3.40. The molecule has 16 heavy (non-hydrogen) atoms.